The van der Waals surface area contributed by atoms with Crippen molar-refractivity contribution in [1.82, 2.24) is 10.2 Å². The summed E-state index contributed by atoms with van der Waals surface area (Å²) < 4.78 is 0. The number of carbonyl (C=O) groups is 2. The Morgan fingerprint density at radius 1 is 1.17 bits per heavy atom. The van der Waals surface area contributed by atoms with Gasteiger partial charge in [0.25, 0.3) is 0 Å². The minimum atomic E-state index is 0.0729. The zero-order valence-corrected chi connectivity index (χ0v) is 13.8. The normalized spacial score (nSPS) is 18.6. The number of piperazine rings is 1. The predicted octanol–water partition coefficient (Wildman–Crippen LogP) is 1.46. The van der Waals surface area contributed by atoms with E-state index < -0.39 is 0 Å². The number of amides is 1. The number of hydrogen-bond donors (Lipinski definition) is 1. The molecule has 0 atom stereocenters. The van der Waals surface area contributed by atoms with Crippen LogP contribution < -0.4 is 10.2 Å². The van der Waals surface area contributed by atoms with Gasteiger partial charge in [-0.15, -0.1) is 0 Å². The molecule has 0 aliphatic carbocycles. The monoisotopic (exact) mass is 315 g/mol. The van der Waals surface area contributed by atoms with Gasteiger partial charge in [0.15, 0.2) is 5.78 Å². The predicted molar refractivity (Wildman–Crippen MR) is 91.0 cm³/mol. The molecule has 124 valence electrons. The second-order valence-corrected chi connectivity index (χ2v) is 6.38. The summed E-state index contributed by atoms with van der Waals surface area (Å²) in [5.41, 5.74) is 2.88. The Morgan fingerprint density at radius 2 is 1.96 bits per heavy atom. The molecule has 1 amide bonds. The Labute approximate surface area is 137 Å². The third-order valence-electron chi connectivity index (χ3n) is 4.76. The molecule has 2 aliphatic rings. The Morgan fingerprint density at radius 3 is 2.70 bits per heavy atom. The van der Waals surface area contributed by atoms with Crippen LogP contribution in [-0.4, -0.2) is 55.9 Å². The summed E-state index contributed by atoms with van der Waals surface area (Å²) >= 11 is 0. The fourth-order valence-electron chi connectivity index (χ4n) is 3.44. The standard InChI is InChI=1S/C18H25N3O2/c1-14(22)21-9-2-3-15-13-16(4-5-17(15)21)18(23)6-10-20-11-7-19-8-12-20/h4-5,13,19H,2-3,6-12H2,1H3. The first-order valence-corrected chi connectivity index (χ1v) is 8.52. The molecule has 5 nitrogen and oxygen atoms in total. The zero-order valence-electron chi connectivity index (χ0n) is 13.8. The van der Waals surface area contributed by atoms with Gasteiger partial charge in [-0.2, -0.15) is 0 Å². The van der Waals surface area contributed by atoms with Crippen LogP contribution in [0.3, 0.4) is 0 Å². The summed E-state index contributed by atoms with van der Waals surface area (Å²) in [7, 11) is 0. The zero-order chi connectivity index (χ0) is 16.2. The first-order valence-electron chi connectivity index (χ1n) is 8.52. The molecular weight excluding hydrogens is 290 g/mol. The average Bonchev–Trinajstić information content (AvgIpc) is 2.59. The number of hydrogen-bond acceptors (Lipinski definition) is 4. The summed E-state index contributed by atoms with van der Waals surface area (Å²) in [4.78, 5) is 28.3. The van der Waals surface area contributed by atoms with Gasteiger partial charge in [0, 0.05) is 63.9 Å². The lowest BCUT2D eigenvalue weighted by Crippen LogP contribution is -2.44. The van der Waals surface area contributed by atoms with Crippen LogP contribution in [0.15, 0.2) is 18.2 Å². The Hall–Kier alpha value is -1.72. The number of Topliss-reactive ketones (excluding diaryl/α,β-unsaturated/α-hetero) is 1. The summed E-state index contributed by atoms with van der Waals surface area (Å²) in [6.07, 6.45) is 2.47. The van der Waals surface area contributed by atoms with Gasteiger partial charge in [0.05, 0.1) is 0 Å². The maximum Gasteiger partial charge on any atom is 0.223 e. The van der Waals surface area contributed by atoms with Gasteiger partial charge in [-0.3, -0.25) is 9.59 Å². The summed E-state index contributed by atoms with van der Waals surface area (Å²) in [5, 5.41) is 3.32. The van der Waals surface area contributed by atoms with E-state index in [9.17, 15) is 9.59 Å². The first-order chi connectivity index (χ1) is 11.1. The molecule has 1 N–H and O–H groups in total. The third-order valence-corrected chi connectivity index (χ3v) is 4.76. The number of ketones is 1. The number of nitrogens with one attached hydrogen (secondary N) is 1. The van der Waals surface area contributed by atoms with Crippen molar-refractivity contribution >= 4 is 17.4 Å². The topological polar surface area (TPSA) is 52.7 Å². The van der Waals surface area contributed by atoms with E-state index in [1.54, 1.807) is 6.92 Å². The van der Waals surface area contributed by atoms with E-state index in [0.717, 1.165) is 68.9 Å². The average molecular weight is 315 g/mol. The lowest BCUT2D eigenvalue weighted by molar-refractivity contribution is -0.116. The number of nitrogens with zero attached hydrogens (tertiary/aromatic N) is 2. The smallest absolute Gasteiger partial charge is 0.223 e. The van der Waals surface area contributed by atoms with Gasteiger partial charge in [0.1, 0.15) is 0 Å². The molecule has 5 heteroatoms. The highest BCUT2D eigenvalue weighted by atomic mass is 16.2. The molecular formula is C18H25N3O2. The highest BCUT2D eigenvalue weighted by Crippen LogP contribution is 2.28. The molecule has 1 aromatic rings. The number of anilines is 1. The molecule has 0 radical (unpaired) electrons. The van der Waals surface area contributed by atoms with E-state index in [-0.39, 0.29) is 11.7 Å². The highest BCUT2D eigenvalue weighted by molar-refractivity contribution is 5.98. The van der Waals surface area contributed by atoms with E-state index in [1.807, 2.05) is 23.1 Å². The van der Waals surface area contributed by atoms with Crippen molar-refractivity contribution in [2.45, 2.75) is 26.2 Å². The largest absolute Gasteiger partial charge is 0.314 e. The van der Waals surface area contributed by atoms with Crippen LogP contribution in [0.1, 0.15) is 35.7 Å². The summed E-state index contributed by atoms with van der Waals surface area (Å²) in [6, 6.07) is 5.80. The third kappa shape index (κ3) is 3.79. The van der Waals surface area contributed by atoms with Gasteiger partial charge >= 0.3 is 0 Å². The summed E-state index contributed by atoms with van der Waals surface area (Å²) in [6.45, 7) is 7.26. The van der Waals surface area contributed by atoms with Crippen molar-refractivity contribution in [3.63, 3.8) is 0 Å². The van der Waals surface area contributed by atoms with E-state index in [2.05, 4.69) is 10.2 Å². The van der Waals surface area contributed by atoms with Crippen LogP contribution in [0.25, 0.3) is 0 Å². The van der Waals surface area contributed by atoms with Crippen LogP contribution in [0.5, 0.6) is 0 Å². The Kier molecular flexibility index (Phi) is 5.08. The second-order valence-electron chi connectivity index (χ2n) is 6.38. The highest BCUT2D eigenvalue weighted by Gasteiger charge is 2.21. The number of carbonyl (C=O) groups excluding carboxylic acids is 2. The van der Waals surface area contributed by atoms with E-state index in [0.29, 0.717) is 6.42 Å². The van der Waals surface area contributed by atoms with Crippen LogP contribution >= 0.6 is 0 Å². The SMILES string of the molecule is CC(=O)N1CCCc2cc(C(=O)CCN3CCNCC3)ccc21. The van der Waals surface area contributed by atoms with Crippen molar-refractivity contribution < 1.29 is 9.59 Å². The number of aryl methyl sites for hydroxylation is 1. The van der Waals surface area contributed by atoms with Gasteiger partial charge in [-0.05, 0) is 36.6 Å². The van der Waals surface area contributed by atoms with Gasteiger partial charge in [0.2, 0.25) is 5.91 Å². The first kappa shape index (κ1) is 16.1. The van der Waals surface area contributed by atoms with Gasteiger partial charge in [-0.1, -0.05) is 0 Å². The maximum absolute atomic E-state index is 12.5. The lowest BCUT2D eigenvalue weighted by Gasteiger charge is -2.29. The molecule has 3 rings (SSSR count). The van der Waals surface area contributed by atoms with Crippen molar-refractivity contribution in [3.05, 3.63) is 29.3 Å². The molecule has 1 fully saturated rings. The molecule has 1 aromatic carbocycles. The Balaban J connectivity index is 1.66. The van der Waals surface area contributed by atoms with Crippen LogP contribution in [0.2, 0.25) is 0 Å². The van der Waals surface area contributed by atoms with Crippen molar-refractivity contribution in [2.24, 2.45) is 0 Å². The van der Waals surface area contributed by atoms with E-state index in [4.69, 9.17) is 0 Å². The van der Waals surface area contributed by atoms with Crippen molar-refractivity contribution in [3.8, 4) is 0 Å². The molecule has 23 heavy (non-hydrogen) atoms. The molecule has 0 unspecified atom stereocenters. The molecule has 0 saturated carbocycles. The van der Waals surface area contributed by atoms with Crippen LogP contribution in [0.4, 0.5) is 5.69 Å². The lowest BCUT2D eigenvalue weighted by atomic mass is 9.97. The van der Waals surface area contributed by atoms with Crippen LogP contribution in [-0.2, 0) is 11.2 Å². The minimum absolute atomic E-state index is 0.0729. The fraction of sp³-hybridized carbons (Fsp3) is 0.556. The van der Waals surface area contributed by atoms with Gasteiger partial charge in [-0.25, -0.2) is 0 Å². The molecule has 2 aliphatic heterocycles. The molecule has 1 saturated heterocycles. The molecule has 0 spiro atoms. The molecule has 2 heterocycles. The molecule has 0 bridgehead atoms. The number of fused-ring (bicyclic) bond motifs is 1. The summed E-state index contributed by atoms with van der Waals surface area (Å²) in [5.74, 6) is 0.273. The minimum Gasteiger partial charge on any atom is -0.314 e. The van der Waals surface area contributed by atoms with Crippen LogP contribution in [0, 0.1) is 0 Å². The Bertz CT molecular complexity index is 594. The van der Waals surface area contributed by atoms with Crippen molar-refractivity contribution in [1.29, 1.82) is 0 Å². The number of rotatable bonds is 4. The molecule has 0 aromatic heterocycles. The van der Waals surface area contributed by atoms with Gasteiger partial charge < -0.3 is 15.1 Å². The van der Waals surface area contributed by atoms with Crippen molar-refractivity contribution in [2.75, 3.05) is 44.2 Å². The second kappa shape index (κ2) is 7.23. The quantitative estimate of drug-likeness (QED) is 0.855. The van der Waals surface area contributed by atoms with E-state index >= 15 is 0 Å². The maximum atomic E-state index is 12.5. The fourth-order valence-corrected chi connectivity index (χ4v) is 3.44. The van der Waals surface area contributed by atoms with E-state index in [1.165, 1.54) is 0 Å². The number of benzene rings is 1.